The fraction of sp³-hybridized carbons (Fsp3) is 0.917. The third-order valence-electron chi connectivity index (χ3n) is 3.20. The van der Waals surface area contributed by atoms with Gasteiger partial charge < -0.3 is 0 Å². The fourth-order valence-corrected chi connectivity index (χ4v) is 18.2. The molecule has 0 aromatic heterocycles. The Labute approximate surface area is 127 Å². The molecule has 0 aromatic rings. The van der Waals surface area contributed by atoms with Crippen molar-refractivity contribution in [3.63, 3.8) is 0 Å². The molecule has 0 aliphatic heterocycles. The molecule has 4 heteroatoms. The summed E-state index contributed by atoms with van der Waals surface area (Å²) in [6.07, 6.45) is 4.03. The van der Waals surface area contributed by atoms with Gasteiger partial charge >= 0.3 is 128 Å². The third kappa shape index (κ3) is 8.37. The number of hydrogen-bond acceptors (Lipinski definition) is 2. The number of rotatable bonds is 9. The molecule has 0 aliphatic rings. The maximum absolute atomic E-state index is 10.6. The molecule has 0 atom stereocenters. The van der Waals surface area contributed by atoms with Crippen molar-refractivity contribution in [1.82, 2.24) is 0 Å². The fourth-order valence-electron chi connectivity index (χ4n) is 2.71. The summed E-state index contributed by atoms with van der Waals surface area (Å²) in [6.45, 7) is 6.70. The summed E-state index contributed by atoms with van der Waals surface area (Å²) < 4.78 is 5.10. The molecule has 0 spiro atoms. The van der Waals surface area contributed by atoms with Gasteiger partial charge in [0.1, 0.15) is 0 Å². The van der Waals surface area contributed by atoms with E-state index < -0.39 is 24.3 Å². The van der Waals surface area contributed by atoms with Crippen LogP contribution in [0.15, 0.2) is 0 Å². The Bertz CT molecular complexity index is 169. The second-order valence-corrected chi connectivity index (χ2v) is 18.9. The Kier molecular flexibility index (Phi) is 13.9. The van der Waals surface area contributed by atoms with Crippen LogP contribution < -0.4 is 34.7 Å². The van der Waals surface area contributed by atoms with Crippen LogP contribution in [-0.4, -0.2) is 24.3 Å². The summed E-state index contributed by atoms with van der Waals surface area (Å²) in [7, 11) is 0. The predicted octanol–water partition coefficient (Wildman–Crippen LogP) is -0.191. The topological polar surface area (TPSA) is 40.1 Å². The Hall–Kier alpha value is 1.27. The standard InChI is InChI=1S/C3H5O2.3C3H7.Na.Sn/c1-2-3(4)5;3*1-3-2;;/h1-2H2,(H,4,5);3*1,3H2,2H3;;/q;;;;+1;/p-1. The van der Waals surface area contributed by atoms with Crippen molar-refractivity contribution in [2.24, 2.45) is 0 Å². The summed E-state index contributed by atoms with van der Waals surface area (Å²) in [5.41, 5.74) is 0. The van der Waals surface area contributed by atoms with Gasteiger partial charge in [0.25, 0.3) is 0 Å². The number of aliphatic carboxylic acids is 1. The van der Waals surface area contributed by atoms with Gasteiger partial charge in [-0.1, -0.05) is 0 Å². The molecular weight excluding hydrogens is 318 g/mol. The van der Waals surface area contributed by atoms with Gasteiger partial charge in [0.15, 0.2) is 0 Å². The van der Waals surface area contributed by atoms with E-state index in [0.717, 1.165) is 4.44 Å². The van der Waals surface area contributed by atoms with Crippen molar-refractivity contribution in [2.45, 2.75) is 64.2 Å². The van der Waals surface area contributed by atoms with E-state index in [1.165, 1.54) is 32.6 Å². The first-order valence-corrected chi connectivity index (χ1v) is 14.4. The van der Waals surface area contributed by atoms with Crippen LogP contribution >= 0.6 is 0 Å². The maximum atomic E-state index is 10.6. The van der Waals surface area contributed by atoms with E-state index in [0.29, 0.717) is 6.42 Å². The predicted molar refractivity (Wildman–Crippen MR) is 65.5 cm³/mol. The minimum atomic E-state index is -2.07. The van der Waals surface area contributed by atoms with Crippen LogP contribution in [0.5, 0.6) is 0 Å². The molecule has 0 heterocycles. The largest absolute Gasteiger partial charge is 1.00 e. The number of hydrogen-bond donors (Lipinski definition) is 0. The van der Waals surface area contributed by atoms with Crippen LogP contribution in [0.1, 0.15) is 46.5 Å². The van der Waals surface area contributed by atoms with Gasteiger partial charge in [-0.25, -0.2) is 0 Å². The molecular formula is C12H25NaO2Sn. The first-order valence-electron chi connectivity index (χ1n) is 6.30. The first-order chi connectivity index (χ1) is 7.10. The number of carbonyl (C=O) groups is 1. The van der Waals surface area contributed by atoms with Crippen LogP contribution in [0.3, 0.4) is 0 Å². The molecule has 0 unspecified atom stereocenters. The van der Waals surface area contributed by atoms with Crippen molar-refractivity contribution < 1.29 is 39.5 Å². The van der Waals surface area contributed by atoms with Gasteiger partial charge in [-0.05, 0) is 0 Å². The molecule has 2 nitrogen and oxygen atoms in total. The van der Waals surface area contributed by atoms with E-state index in [9.17, 15) is 9.90 Å². The van der Waals surface area contributed by atoms with Gasteiger partial charge in [-0.3, -0.25) is 0 Å². The van der Waals surface area contributed by atoms with Crippen molar-refractivity contribution in [1.29, 1.82) is 0 Å². The van der Waals surface area contributed by atoms with Crippen molar-refractivity contribution in [3.05, 3.63) is 0 Å². The van der Waals surface area contributed by atoms with Crippen LogP contribution in [0.2, 0.25) is 17.7 Å². The average Bonchev–Trinajstić information content (AvgIpc) is 2.16. The molecule has 0 saturated heterocycles. The number of carbonyl (C=O) groups excluding carboxylic acids is 1. The second kappa shape index (κ2) is 11.4. The normalized spacial score (nSPS) is 10.9. The van der Waals surface area contributed by atoms with Gasteiger partial charge in [0, 0.05) is 0 Å². The number of carboxylic acids is 1. The van der Waals surface area contributed by atoms with E-state index >= 15 is 0 Å². The molecule has 0 amide bonds. The van der Waals surface area contributed by atoms with E-state index in [1.807, 2.05) is 0 Å². The molecule has 0 rings (SSSR count). The maximum Gasteiger partial charge on any atom is 1.00 e. The van der Waals surface area contributed by atoms with Crippen LogP contribution in [-0.2, 0) is 4.79 Å². The Morgan fingerprint density at radius 1 is 0.938 bits per heavy atom. The van der Waals surface area contributed by atoms with Crippen LogP contribution in [0, 0.1) is 0 Å². The molecule has 0 radical (unpaired) electrons. The summed E-state index contributed by atoms with van der Waals surface area (Å²) in [6, 6.07) is 0. The van der Waals surface area contributed by atoms with Gasteiger partial charge in [0.05, 0.1) is 0 Å². The minimum absolute atomic E-state index is 0. The minimum Gasteiger partial charge on any atom is 1.00 e. The molecule has 0 aliphatic carbocycles. The van der Waals surface area contributed by atoms with Crippen LogP contribution in [0.25, 0.3) is 0 Å². The average molecular weight is 343 g/mol. The zero-order chi connectivity index (χ0) is 11.7. The van der Waals surface area contributed by atoms with Gasteiger partial charge in [0.2, 0.25) is 0 Å². The van der Waals surface area contributed by atoms with E-state index in [2.05, 4.69) is 20.8 Å². The van der Waals surface area contributed by atoms with Crippen molar-refractivity contribution >= 4 is 24.3 Å². The molecule has 0 N–H and O–H groups in total. The Morgan fingerprint density at radius 3 is 1.56 bits per heavy atom. The SMILES string of the molecule is CC[CH2][Sn]([CH2]CC)([CH2]CC)[CH2]CC(=O)[O-].[Na+]. The van der Waals surface area contributed by atoms with Gasteiger partial charge in [-0.15, -0.1) is 0 Å². The summed E-state index contributed by atoms with van der Waals surface area (Å²) in [5, 5.41) is 10.6. The molecule has 16 heavy (non-hydrogen) atoms. The van der Waals surface area contributed by atoms with Crippen molar-refractivity contribution in [3.8, 4) is 0 Å². The van der Waals surface area contributed by atoms with Crippen LogP contribution in [0.4, 0.5) is 0 Å². The zero-order valence-corrected chi connectivity index (χ0v) is 16.3. The summed E-state index contributed by atoms with van der Waals surface area (Å²) in [5.74, 6) is -0.848. The van der Waals surface area contributed by atoms with E-state index in [-0.39, 0.29) is 29.6 Å². The number of carboxylic acid groups (broad SMARTS) is 1. The van der Waals surface area contributed by atoms with Crippen molar-refractivity contribution in [2.75, 3.05) is 0 Å². The Balaban J connectivity index is 0. The molecule has 90 valence electrons. The van der Waals surface area contributed by atoms with E-state index in [1.54, 1.807) is 0 Å². The smallest absolute Gasteiger partial charge is 1.00 e. The summed E-state index contributed by atoms with van der Waals surface area (Å²) >= 11 is -2.07. The monoisotopic (exact) mass is 344 g/mol. The first kappa shape index (κ1) is 19.6. The van der Waals surface area contributed by atoms with E-state index in [4.69, 9.17) is 0 Å². The van der Waals surface area contributed by atoms with Gasteiger partial charge in [-0.2, -0.15) is 0 Å². The molecule has 0 aromatic carbocycles. The second-order valence-electron chi connectivity index (χ2n) is 4.62. The zero-order valence-electron chi connectivity index (χ0n) is 11.5. The molecule has 0 bridgehead atoms. The molecule has 0 saturated carbocycles. The summed E-state index contributed by atoms with van der Waals surface area (Å²) in [4.78, 5) is 10.6. The molecule has 0 fully saturated rings. The Morgan fingerprint density at radius 2 is 1.31 bits per heavy atom. The third-order valence-corrected chi connectivity index (χ3v) is 20.3. The quantitative estimate of drug-likeness (QED) is 0.545.